The number of hydrogen-bond donors (Lipinski definition) is 0. The van der Waals surface area contributed by atoms with Crippen molar-refractivity contribution in [1.82, 2.24) is 4.57 Å². The Labute approximate surface area is 139 Å². The zero-order chi connectivity index (χ0) is 17.0. The molecule has 6 heteroatoms. The fourth-order valence-electron chi connectivity index (χ4n) is 2.42. The van der Waals surface area contributed by atoms with Gasteiger partial charge in [0.15, 0.2) is 6.61 Å². The molecule has 0 aliphatic carbocycles. The van der Waals surface area contributed by atoms with E-state index in [4.69, 9.17) is 21.1 Å². The van der Waals surface area contributed by atoms with Gasteiger partial charge in [-0.2, -0.15) is 0 Å². The van der Waals surface area contributed by atoms with Crippen molar-refractivity contribution in [2.24, 2.45) is 0 Å². The topological polar surface area (TPSA) is 40.5 Å². The lowest BCUT2D eigenvalue weighted by Gasteiger charge is -2.09. The fourth-order valence-corrected chi connectivity index (χ4v) is 2.65. The highest BCUT2D eigenvalue weighted by Crippen LogP contribution is 2.25. The van der Waals surface area contributed by atoms with E-state index in [1.165, 1.54) is 12.1 Å². The van der Waals surface area contributed by atoms with Crippen molar-refractivity contribution in [2.45, 2.75) is 20.4 Å². The summed E-state index contributed by atoms with van der Waals surface area (Å²) in [6.07, 6.45) is 0. The number of Topliss-reactive ketones (excluding diaryl/α,β-unsaturated/α-hetero) is 1. The SMILES string of the molecule is COCCn1c(C)cc(C(=O)COc2ccc(F)cc2Cl)c1C. The van der Waals surface area contributed by atoms with Crippen LogP contribution in [-0.2, 0) is 11.3 Å². The highest BCUT2D eigenvalue weighted by Gasteiger charge is 2.16. The van der Waals surface area contributed by atoms with Crippen molar-refractivity contribution in [3.8, 4) is 5.75 Å². The third kappa shape index (κ3) is 4.12. The number of rotatable bonds is 7. The van der Waals surface area contributed by atoms with E-state index in [2.05, 4.69) is 0 Å². The van der Waals surface area contributed by atoms with Gasteiger partial charge in [0.1, 0.15) is 11.6 Å². The van der Waals surface area contributed by atoms with Gasteiger partial charge in [-0.3, -0.25) is 4.79 Å². The molecule has 0 fully saturated rings. The van der Waals surface area contributed by atoms with Gasteiger partial charge < -0.3 is 14.0 Å². The van der Waals surface area contributed by atoms with Crippen LogP contribution in [0.25, 0.3) is 0 Å². The van der Waals surface area contributed by atoms with Crippen molar-refractivity contribution in [1.29, 1.82) is 0 Å². The minimum atomic E-state index is -0.449. The van der Waals surface area contributed by atoms with E-state index in [-0.39, 0.29) is 23.2 Å². The summed E-state index contributed by atoms with van der Waals surface area (Å²) in [5, 5.41) is 0.142. The number of carbonyl (C=O) groups is 1. The molecule has 23 heavy (non-hydrogen) atoms. The van der Waals surface area contributed by atoms with E-state index in [9.17, 15) is 9.18 Å². The van der Waals surface area contributed by atoms with Crippen LogP contribution in [0, 0.1) is 19.7 Å². The second kappa shape index (κ2) is 7.62. The number of hydrogen-bond acceptors (Lipinski definition) is 3. The molecule has 0 amide bonds. The quantitative estimate of drug-likeness (QED) is 0.720. The summed E-state index contributed by atoms with van der Waals surface area (Å²) < 4.78 is 25.5. The van der Waals surface area contributed by atoms with Crippen molar-refractivity contribution < 1.29 is 18.7 Å². The first-order valence-electron chi connectivity index (χ1n) is 7.20. The highest BCUT2D eigenvalue weighted by molar-refractivity contribution is 6.32. The average Bonchev–Trinajstić information content (AvgIpc) is 2.79. The Morgan fingerprint density at radius 3 is 2.70 bits per heavy atom. The molecule has 0 bridgehead atoms. The van der Waals surface area contributed by atoms with Crippen LogP contribution in [0.4, 0.5) is 4.39 Å². The second-order valence-electron chi connectivity index (χ2n) is 5.22. The summed E-state index contributed by atoms with van der Waals surface area (Å²) in [7, 11) is 1.64. The van der Waals surface area contributed by atoms with Crippen LogP contribution in [0.1, 0.15) is 21.7 Å². The number of ketones is 1. The average molecular weight is 340 g/mol. The number of nitrogens with zero attached hydrogens (tertiary/aromatic N) is 1. The summed E-state index contributed by atoms with van der Waals surface area (Å²) >= 11 is 5.88. The monoisotopic (exact) mass is 339 g/mol. The molecule has 0 aliphatic heterocycles. The first kappa shape index (κ1) is 17.5. The Balaban J connectivity index is 2.09. The molecule has 0 unspecified atom stereocenters. The second-order valence-corrected chi connectivity index (χ2v) is 5.62. The van der Waals surface area contributed by atoms with Crippen molar-refractivity contribution in [2.75, 3.05) is 20.3 Å². The summed E-state index contributed by atoms with van der Waals surface area (Å²) in [6, 6.07) is 5.63. The molecule has 1 aromatic carbocycles. The maximum atomic E-state index is 13.0. The van der Waals surface area contributed by atoms with Gasteiger partial charge in [0, 0.05) is 30.6 Å². The lowest BCUT2D eigenvalue weighted by molar-refractivity contribution is 0.0920. The Hall–Kier alpha value is -1.85. The lowest BCUT2D eigenvalue weighted by Crippen LogP contribution is -2.14. The van der Waals surface area contributed by atoms with Gasteiger partial charge >= 0.3 is 0 Å². The molecular weight excluding hydrogens is 321 g/mol. The lowest BCUT2D eigenvalue weighted by atomic mass is 10.1. The molecule has 0 saturated heterocycles. The zero-order valence-corrected chi connectivity index (χ0v) is 14.1. The maximum absolute atomic E-state index is 13.0. The predicted octanol–water partition coefficient (Wildman–Crippen LogP) is 3.81. The zero-order valence-electron chi connectivity index (χ0n) is 13.4. The molecule has 124 valence electrons. The number of aryl methyl sites for hydroxylation is 1. The van der Waals surface area contributed by atoms with Gasteiger partial charge in [-0.05, 0) is 38.1 Å². The summed E-state index contributed by atoms with van der Waals surface area (Å²) in [6.45, 7) is 4.94. The van der Waals surface area contributed by atoms with Gasteiger partial charge in [-0.1, -0.05) is 11.6 Å². The normalized spacial score (nSPS) is 10.8. The van der Waals surface area contributed by atoms with Crippen LogP contribution in [-0.4, -0.2) is 30.7 Å². The molecule has 1 aromatic heterocycles. The Bertz CT molecular complexity index is 712. The van der Waals surface area contributed by atoms with Crippen LogP contribution in [0.15, 0.2) is 24.3 Å². The third-order valence-electron chi connectivity index (χ3n) is 3.65. The number of carbonyl (C=O) groups excluding carboxylic acids is 1. The van der Waals surface area contributed by atoms with Crippen molar-refractivity contribution in [3.63, 3.8) is 0 Å². The van der Waals surface area contributed by atoms with Gasteiger partial charge in [-0.15, -0.1) is 0 Å². The van der Waals surface area contributed by atoms with Gasteiger partial charge in [0.2, 0.25) is 5.78 Å². The Morgan fingerprint density at radius 2 is 2.04 bits per heavy atom. The van der Waals surface area contributed by atoms with E-state index in [1.807, 2.05) is 24.5 Å². The maximum Gasteiger partial charge on any atom is 0.202 e. The minimum absolute atomic E-state index is 0.142. The molecule has 0 aliphatic rings. The Kier molecular flexibility index (Phi) is 5.80. The van der Waals surface area contributed by atoms with E-state index in [0.29, 0.717) is 18.7 Å². The number of ether oxygens (including phenoxy) is 2. The number of methoxy groups -OCH3 is 1. The molecule has 1 heterocycles. The van der Waals surface area contributed by atoms with Crippen LogP contribution >= 0.6 is 11.6 Å². The van der Waals surface area contributed by atoms with Crippen LogP contribution in [0.5, 0.6) is 5.75 Å². The highest BCUT2D eigenvalue weighted by atomic mass is 35.5. The summed E-state index contributed by atoms with van der Waals surface area (Å²) in [5.74, 6) is -0.313. The van der Waals surface area contributed by atoms with Crippen molar-refractivity contribution in [3.05, 3.63) is 52.1 Å². The van der Waals surface area contributed by atoms with Gasteiger partial charge in [0.05, 0.1) is 11.6 Å². The predicted molar refractivity (Wildman–Crippen MR) is 87.0 cm³/mol. The van der Waals surface area contributed by atoms with Crippen LogP contribution in [0.3, 0.4) is 0 Å². The summed E-state index contributed by atoms with van der Waals surface area (Å²) in [4.78, 5) is 12.4. The minimum Gasteiger partial charge on any atom is -0.484 e. The standard InChI is InChI=1S/C17H19ClFNO3/c1-11-8-14(12(2)20(11)6-7-22-3)16(21)10-23-17-5-4-13(19)9-15(17)18/h4-5,8-9H,6-7,10H2,1-3H3. The van der Waals surface area contributed by atoms with E-state index >= 15 is 0 Å². The molecule has 4 nitrogen and oxygen atoms in total. The third-order valence-corrected chi connectivity index (χ3v) is 3.94. The molecule has 0 N–H and O–H groups in total. The smallest absolute Gasteiger partial charge is 0.202 e. The van der Waals surface area contributed by atoms with Gasteiger partial charge in [0.25, 0.3) is 0 Å². The molecule has 0 atom stereocenters. The van der Waals surface area contributed by atoms with Crippen molar-refractivity contribution >= 4 is 17.4 Å². The fraction of sp³-hybridized carbons (Fsp3) is 0.353. The molecule has 0 saturated carbocycles. The van der Waals surface area contributed by atoms with Crippen LogP contribution in [0.2, 0.25) is 5.02 Å². The first-order valence-corrected chi connectivity index (χ1v) is 7.58. The van der Waals surface area contributed by atoms with E-state index < -0.39 is 5.82 Å². The molecule has 2 rings (SSSR count). The first-order chi connectivity index (χ1) is 10.9. The molecule has 0 spiro atoms. The van der Waals surface area contributed by atoms with Gasteiger partial charge in [-0.25, -0.2) is 4.39 Å². The van der Waals surface area contributed by atoms with E-state index in [0.717, 1.165) is 17.5 Å². The Morgan fingerprint density at radius 1 is 1.30 bits per heavy atom. The summed E-state index contributed by atoms with van der Waals surface area (Å²) in [5.41, 5.74) is 2.47. The van der Waals surface area contributed by atoms with Crippen LogP contribution < -0.4 is 4.74 Å². The number of benzene rings is 1. The largest absolute Gasteiger partial charge is 0.484 e. The molecular formula is C17H19ClFNO3. The number of aromatic nitrogens is 1. The van der Waals surface area contributed by atoms with E-state index in [1.54, 1.807) is 7.11 Å². The molecule has 2 aromatic rings. The molecule has 0 radical (unpaired) electrons. The number of halogens is 2.